The molecule has 0 aromatic heterocycles. The number of methoxy groups -OCH3 is 1. The third kappa shape index (κ3) is 3.21. The number of benzene rings is 1. The summed E-state index contributed by atoms with van der Waals surface area (Å²) in [5.74, 6) is 1.06. The van der Waals surface area contributed by atoms with E-state index in [1.165, 1.54) is 12.8 Å². The van der Waals surface area contributed by atoms with E-state index in [9.17, 15) is 9.90 Å². The predicted octanol–water partition coefficient (Wildman–Crippen LogP) is 4.53. The van der Waals surface area contributed by atoms with Gasteiger partial charge in [-0.05, 0) is 43.7 Å². The van der Waals surface area contributed by atoms with Crippen LogP contribution < -0.4 is 9.47 Å². The van der Waals surface area contributed by atoms with Crippen LogP contribution in [0.25, 0.3) is 0 Å². The van der Waals surface area contributed by atoms with E-state index in [4.69, 9.17) is 9.47 Å². The molecule has 5 heteroatoms. The molecule has 23 heavy (non-hydrogen) atoms. The van der Waals surface area contributed by atoms with Crippen LogP contribution in [-0.2, 0) is 10.2 Å². The molecule has 0 amide bonds. The topological polar surface area (TPSA) is 55.8 Å². The van der Waals surface area contributed by atoms with Gasteiger partial charge in [0.15, 0.2) is 11.5 Å². The van der Waals surface area contributed by atoms with Gasteiger partial charge in [0.05, 0.1) is 19.1 Å². The molecule has 2 aliphatic rings. The SMILES string of the molecule is COc1ccc(Br)c(C2(C(=O)O)CCCCC2)c1OCC1CC1. The number of carboxylic acid groups (broad SMARTS) is 1. The Labute approximate surface area is 145 Å². The number of hydrogen-bond donors (Lipinski definition) is 1. The molecular formula is C18H23BrO4. The molecule has 0 unspecified atom stereocenters. The maximum atomic E-state index is 12.2. The van der Waals surface area contributed by atoms with Gasteiger partial charge in [-0.25, -0.2) is 0 Å². The first-order valence-electron chi connectivity index (χ1n) is 8.31. The smallest absolute Gasteiger partial charge is 0.314 e. The highest BCUT2D eigenvalue weighted by atomic mass is 79.9. The second kappa shape index (κ2) is 6.71. The van der Waals surface area contributed by atoms with Gasteiger partial charge in [0.25, 0.3) is 0 Å². The predicted molar refractivity (Wildman–Crippen MR) is 91.3 cm³/mol. The molecule has 3 rings (SSSR count). The fourth-order valence-electron chi connectivity index (χ4n) is 3.50. The Morgan fingerprint density at radius 1 is 1.30 bits per heavy atom. The fourth-order valence-corrected chi connectivity index (χ4v) is 4.19. The average Bonchev–Trinajstić information content (AvgIpc) is 3.37. The summed E-state index contributed by atoms with van der Waals surface area (Å²) >= 11 is 3.57. The van der Waals surface area contributed by atoms with Crippen LogP contribution in [-0.4, -0.2) is 24.8 Å². The zero-order valence-electron chi connectivity index (χ0n) is 13.4. The highest BCUT2D eigenvalue weighted by molar-refractivity contribution is 9.10. The lowest BCUT2D eigenvalue weighted by atomic mass is 9.69. The Hall–Kier alpha value is -1.23. The highest BCUT2D eigenvalue weighted by Crippen LogP contribution is 2.50. The van der Waals surface area contributed by atoms with Crippen molar-refractivity contribution in [1.29, 1.82) is 0 Å². The molecule has 0 aliphatic heterocycles. The lowest BCUT2D eigenvalue weighted by Crippen LogP contribution is -2.38. The molecule has 1 aromatic carbocycles. The van der Waals surface area contributed by atoms with Gasteiger partial charge in [-0.1, -0.05) is 35.2 Å². The summed E-state index contributed by atoms with van der Waals surface area (Å²) in [6.07, 6.45) is 6.62. The first kappa shape index (κ1) is 16.6. The number of ether oxygens (including phenoxy) is 2. The first-order chi connectivity index (χ1) is 11.1. The van der Waals surface area contributed by atoms with Crippen LogP contribution in [0, 0.1) is 5.92 Å². The Morgan fingerprint density at radius 2 is 2.00 bits per heavy atom. The van der Waals surface area contributed by atoms with Gasteiger partial charge in [0.1, 0.15) is 0 Å². The van der Waals surface area contributed by atoms with Crippen molar-refractivity contribution in [1.82, 2.24) is 0 Å². The monoisotopic (exact) mass is 382 g/mol. The Kier molecular flexibility index (Phi) is 4.85. The van der Waals surface area contributed by atoms with Crippen LogP contribution in [0.5, 0.6) is 11.5 Å². The molecule has 0 radical (unpaired) electrons. The number of halogens is 1. The molecule has 0 bridgehead atoms. The maximum absolute atomic E-state index is 12.2. The highest BCUT2D eigenvalue weighted by Gasteiger charge is 2.45. The molecule has 0 saturated heterocycles. The van der Waals surface area contributed by atoms with Crippen molar-refractivity contribution in [2.75, 3.05) is 13.7 Å². The van der Waals surface area contributed by atoms with Gasteiger partial charge in [0, 0.05) is 10.0 Å². The molecule has 126 valence electrons. The van der Waals surface area contributed by atoms with E-state index in [0.717, 1.165) is 29.3 Å². The van der Waals surface area contributed by atoms with E-state index in [1.54, 1.807) is 7.11 Å². The van der Waals surface area contributed by atoms with Crippen LogP contribution in [0.15, 0.2) is 16.6 Å². The van der Waals surface area contributed by atoms with Gasteiger partial charge in [-0.3, -0.25) is 4.79 Å². The normalized spacial score (nSPS) is 20.1. The largest absolute Gasteiger partial charge is 0.493 e. The molecule has 4 nitrogen and oxygen atoms in total. The maximum Gasteiger partial charge on any atom is 0.314 e. The van der Waals surface area contributed by atoms with E-state index in [-0.39, 0.29) is 0 Å². The minimum atomic E-state index is -0.884. The summed E-state index contributed by atoms with van der Waals surface area (Å²) in [5, 5.41) is 10.0. The second-order valence-electron chi connectivity index (χ2n) is 6.66. The van der Waals surface area contributed by atoms with Crippen LogP contribution in [0.4, 0.5) is 0 Å². The summed E-state index contributed by atoms with van der Waals surface area (Å²) in [6, 6.07) is 3.71. The van der Waals surface area contributed by atoms with Crippen molar-refractivity contribution in [3.8, 4) is 11.5 Å². The number of carboxylic acids is 1. The number of carbonyl (C=O) groups is 1. The summed E-state index contributed by atoms with van der Waals surface area (Å²) < 4.78 is 12.3. The zero-order valence-corrected chi connectivity index (χ0v) is 15.0. The van der Waals surface area contributed by atoms with Crippen LogP contribution >= 0.6 is 15.9 Å². The summed E-state index contributed by atoms with van der Waals surface area (Å²) in [6.45, 7) is 0.634. The van der Waals surface area contributed by atoms with Gasteiger partial charge < -0.3 is 14.6 Å². The van der Waals surface area contributed by atoms with Crippen molar-refractivity contribution >= 4 is 21.9 Å². The molecule has 0 heterocycles. The van der Waals surface area contributed by atoms with Crippen molar-refractivity contribution in [3.63, 3.8) is 0 Å². The average molecular weight is 383 g/mol. The van der Waals surface area contributed by atoms with Crippen LogP contribution in [0.3, 0.4) is 0 Å². The van der Waals surface area contributed by atoms with Gasteiger partial charge in [0.2, 0.25) is 0 Å². The van der Waals surface area contributed by atoms with Crippen molar-refractivity contribution in [2.24, 2.45) is 5.92 Å². The summed E-state index contributed by atoms with van der Waals surface area (Å²) in [5.41, 5.74) is -0.130. The van der Waals surface area contributed by atoms with E-state index >= 15 is 0 Å². The fraction of sp³-hybridized carbons (Fsp3) is 0.611. The molecule has 1 aromatic rings. The van der Waals surface area contributed by atoms with Gasteiger partial charge in [-0.15, -0.1) is 0 Å². The number of aliphatic carboxylic acids is 1. The summed E-state index contributed by atoms with van der Waals surface area (Å²) in [7, 11) is 1.60. The number of rotatable bonds is 6. The number of hydrogen-bond acceptors (Lipinski definition) is 3. The van der Waals surface area contributed by atoms with Crippen LogP contribution in [0.1, 0.15) is 50.5 Å². The van der Waals surface area contributed by atoms with Crippen molar-refractivity contribution in [2.45, 2.75) is 50.4 Å². The van der Waals surface area contributed by atoms with Crippen LogP contribution in [0.2, 0.25) is 0 Å². The van der Waals surface area contributed by atoms with E-state index in [0.29, 0.717) is 36.9 Å². The zero-order chi connectivity index (χ0) is 16.4. The molecule has 2 aliphatic carbocycles. The Bertz CT molecular complexity index is 589. The Balaban J connectivity index is 2.08. The third-order valence-corrected chi connectivity index (χ3v) is 5.71. The lowest BCUT2D eigenvalue weighted by Gasteiger charge is -2.36. The second-order valence-corrected chi connectivity index (χ2v) is 7.51. The minimum Gasteiger partial charge on any atom is -0.493 e. The molecular weight excluding hydrogens is 360 g/mol. The molecule has 2 fully saturated rings. The summed E-state index contributed by atoms with van der Waals surface area (Å²) in [4.78, 5) is 12.2. The molecule has 2 saturated carbocycles. The standard InChI is InChI=1S/C18H23BrO4/c1-22-14-8-7-13(19)15(16(14)23-11-12-5-6-12)18(17(20)21)9-3-2-4-10-18/h7-8,12H,2-6,9-11H2,1H3,(H,20,21). The van der Waals surface area contributed by atoms with E-state index in [1.807, 2.05) is 12.1 Å². The van der Waals surface area contributed by atoms with Gasteiger partial charge in [-0.2, -0.15) is 0 Å². The minimum absolute atomic E-state index is 0.596. The van der Waals surface area contributed by atoms with E-state index < -0.39 is 11.4 Å². The van der Waals surface area contributed by atoms with Gasteiger partial charge >= 0.3 is 5.97 Å². The van der Waals surface area contributed by atoms with Crippen molar-refractivity contribution in [3.05, 3.63) is 22.2 Å². The van der Waals surface area contributed by atoms with E-state index in [2.05, 4.69) is 15.9 Å². The lowest BCUT2D eigenvalue weighted by molar-refractivity contribution is -0.145. The molecule has 0 atom stereocenters. The van der Waals surface area contributed by atoms with Crippen molar-refractivity contribution < 1.29 is 19.4 Å². The molecule has 1 N–H and O–H groups in total. The first-order valence-corrected chi connectivity index (χ1v) is 9.11. The quantitative estimate of drug-likeness (QED) is 0.784. The molecule has 0 spiro atoms. The Morgan fingerprint density at radius 3 is 2.57 bits per heavy atom. The third-order valence-electron chi connectivity index (χ3n) is 5.05.